The molecule has 2 aliphatic rings. The Bertz CT molecular complexity index is 293. The van der Waals surface area contributed by atoms with Gasteiger partial charge in [0.05, 0.1) is 0 Å². The van der Waals surface area contributed by atoms with Gasteiger partial charge in [0.25, 0.3) is 0 Å². The van der Waals surface area contributed by atoms with Crippen LogP contribution in [0.2, 0.25) is 0 Å². The number of hydrogen-bond acceptors (Lipinski definition) is 2. The average molecular weight is 237 g/mol. The maximum absolute atomic E-state index is 3.44. The highest BCUT2D eigenvalue weighted by Crippen LogP contribution is 2.39. The van der Waals surface area contributed by atoms with E-state index in [0.717, 1.165) is 5.92 Å². The van der Waals surface area contributed by atoms with Gasteiger partial charge in [-0.3, -0.25) is 0 Å². The molecule has 1 aliphatic heterocycles. The van der Waals surface area contributed by atoms with Crippen molar-refractivity contribution >= 4 is 11.8 Å². The second kappa shape index (κ2) is 5.92. The van der Waals surface area contributed by atoms with Crippen LogP contribution in [-0.4, -0.2) is 18.8 Å². The van der Waals surface area contributed by atoms with Gasteiger partial charge in [-0.15, -0.1) is 11.8 Å². The predicted molar refractivity (Wildman–Crippen MR) is 73.7 cm³/mol. The van der Waals surface area contributed by atoms with Gasteiger partial charge < -0.3 is 5.32 Å². The second-order valence-corrected chi connectivity index (χ2v) is 5.95. The highest BCUT2D eigenvalue weighted by atomic mass is 32.2. The molecule has 2 atom stereocenters. The van der Waals surface area contributed by atoms with Crippen molar-refractivity contribution in [2.45, 2.75) is 45.1 Å². The molecule has 1 N–H and O–H groups in total. The lowest BCUT2D eigenvalue weighted by molar-refractivity contribution is 0.408. The number of hydrogen-bond donors (Lipinski definition) is 1. The first-order valence-corrected chi connectivity index (χ1v) is 7.51. The molecular formula is C14H23NS. The van der Waals surface area contributed by atoms with E-state index in [-0.39, 0.29) is 0 Å². The summed E-state index contributed by atoms with van der Waals surface area (Å²) >= 11 is 2.07. The molecule has 0 saturated carbocycles. The molecule has 90 valence electrons. The van der Waals surface area contributed by atoms with Gasteiger partial charge in [0.15, 0.2) is 0 Å². The Labute approximate surface area is 104 Å². The molecule has 0 aromatic rings. The average Bonchev–Trinajstić information content (AvgIpc) is 2.29. The molecule has 0 fully saturated rings. The summed E-state index contributed by atoms with van der Waals surface area (Å²) in [7, 11) is 2.09. The molecule has 0 unspecified atom stereocenters. The van der Waals surface area contributed by atoms with Gasteiger partial charge in [-0.2, -0.15) is 0 Å². The van der Waals surface area contributed by atoms with Gasteiger partial charge >= 0.3 is 0 Å². The summed E-state index contributed by atoms with van der Waals surface area (Å²) < 4.78 is 0. The number of allylic oxidation sites excluding steroid dienone is 2. The molecule has 0 radical (unpaired) electrons. The first kappa shape index (κ1) is 12.3. The molecule has 1 heterocycles. The molecule has 0 aromatic carbocycles. The summed E-state index contributed by atoms with van der Waals surface area (Å²) in [6, 6.07) is 0.613. The molecule has 2 rings (SSSR count). The van der Waals surface area contributed by atoms with E-state index in [1.165, 1.54) is 37.9 Å². The number of nitrogens with one attached hydrogen (secondary N) is 1. The van der Waals surface area contributed by atoms with Crippen molar-refractivity contribution in [1.29, 1.82) is 0 Å². The number of thioether (sulfide) groups is 1. The molecule has 0 spiro atoms. The fourth-order valence-corrected chi connectivity index (χ4v) is 3.98. The molecule has 1 nitrogen and oxygen atoms in total. The Balaban J connectivity index is 2.24. The van der Waals surface area contributed by atoms with Gasteiger partial charge in [0.2, 0.25) is 0 Å². The zero-order valence-corrected chi connectivity index (χ0v) is 11.3. The molecule has 0 saturated heterocycles. The predicted octanol–water partition coefficient (Wildman–Crippen LogP) is 3.73. The summed E-state index contributed by atoms with van der Waals surface area (Å²) in [5, 5.41) is 3.44. The van der Waals surface area contributed by atoms with E-state index in [1.54, 1.807) is 10.5 Å². The van der Waals surface area contributed by atoms with E-state index in [4.69, 9.17) is 0 Å². The highest BCUT2D eigenvalue weighted by Gasteiger charge is 2.25. The van der Waals surface area contributed by atoms with Gasteiger partial charge in [0, 0.05) is 17.7 Å². The molecule has 16 heavy (non-hydrogen) atoms. The minimum atomic E-state index is 0.613. The molecule has 0 amide bonds. The number of rotatable bonds is 2. The van der Waals surface area contributed by atoms with Gasteiger partial charge in [0.1, 0.15) is 0 Å². The minimum Gasteiger partial charge on any atom is -0.317 e. The summed E-state index contributed by atoms with van der Waals surface area (Å²) in [4.78, 5) is 1.68. The summed E-state index contributed by atoms with van der Waals surface area (Å²) in [5.74, 6) is 1.92. The minimum absolute atomic E-state index is 0.613. The van der Waals surface area contributed by atoms with Crippen LogP contribution in [0.25, 0.3) is 0 Å². The van der Waals surface area contributed by atoms with Crippen molar-refractivity contribution in [2.24, 2.45) is 5.92 Å². The maximum Gasteiger partial charge on any atom is 0.0161 e. The van der Waals surface area contributed by atoms with E-state index >= 15 is 0 Å². The zero-order chi connectivity index (χ0) is 11.4. The van der Waals surface area contributed by atoms with Crippen LogP contribution in [-0.2, 0) is 0 Å². The summed E-state index contributed by atoms with van der Waals surface area (Å²) in [5.41, 5.74) is 1.63. The quantitative estimate of drug-likeness (QED) is 0.785. The Morgan fingerprint density at radius 1 is 1.38 bits per heavy atom. The summed E-state index contributed by atoms with van der Waals surface area (Å²) in [6.45, 7) is 2.33. The van der Waals surface area contributed by atoms with Crippen LogP contribution in [0.5, 0.6) is 0 Å². The topological polar surface area (TPSA) is 12.0 Å². The van der Waals surface area contributed by atoms with Crippen LogP contribution in [0.4, 0.5) is 0 Å². The lowest BCUT2D eigenvalue weighted by Crippen LogP contribution is -2.32. The normalized spacial score (nSPS) is 28.2. The fraction of sp³-hybridized carbons (Fsp3) is 0.714. The van der Waals surface area contributed by atoms with Crippen molar-refractivity contribution < 1.29 is 0 Å². The Morgan fingerprint density at radius 3 is 3.06 bits per heavy atom. The van der Waals surface area contributed by atoms with Gasteiger partial charge in [-0.25, -0.2) is 0 Å². The first-order chi connectivity index (χ1) is 7.83. The Kier molecular flexibility index (Phi) is 4.54. The largest absolute Gasteiger partial charge is 0.317 e. The second-order valence-electron chi connectivity index (χ2n) is 4.89. The van der Waals surface area contributed by atoms with Crippen LogP contribution in [0.3, 0.4) is 0 Å². The third kappa shape index (κ3) is 2.72. The van der Waals surface area contributed by atoms with E-state index in [0.29, 0.717) is 6.04 Å². The van der Waals surface area contributed by atoms with Crippen molar-refractivity contribution in [3.05, 3.63) is 22.6 Å². The maximum atomic E-state index is 3.44. The lowest BCUT2D eigenvalue weighted by atomic mass is 9.87. The monoisotopic (exact) mass is 237 g/mol. The van der Waals surface area contributed by atoms with Crippen LogP contribution in [0.1, 0.15) is 39.0 Å². The molecule has 1 aliphatic carbocycles. The SMILES string of the molecule is CN[C@@H](C)[C@H]1CCCCCC2=C1SCC=C2. The van der Waals surface area contributed by atoms with Gasteiger partial charge in [-0.05, 0) is 43.7 Å². The Hall–Kier alpha value is -0.210. The Morgan fingerprint density at radius 2 is 2.25 bits per heavy atom. The van der Waals surface area contributed by atoms with Crippen LogP contribution < -0.4 is 5.32 Å². The van der Waals surface area contributed by atoms with Gasteiger partial charge in [-0.1, -0.05) is 25.0 Å². The zero-order valence-electron chi connectivity index (χ0n) is 10.5. The lowest BCUT2D eigenvalue weighted by Gasteiger charge is -2.31. The smallest absolute Gasteiger partial charge is 0.0161 e. The molecule has 2 heteroatoms. The molecular weight excluding hydrogens is 214 g/mol. The fourth-order valence-electron chi connectivity index (χ4n) is 2.72. The summed E-state index contributed by atoms with van der Waals surface area (Å²) in [6.07, 6.45) is 11.6. The third-order valence-corrected chi connectivity index (χ3v) is 5.06. The molecule has 0 aromatic heterocycles. The first-order valence-electron chi connectivity index (χ1n) is 6.52. The standard InChI is InChI=1S/C14H23NS/c1-11(15-2)13-9-5-3-4-7-12-8-6-10-16-14(12)13/h6,8,11,13,15H,3-5,7,9-10H2,1-2H3/t11-,13+/m0/s1. The molecule has 0 bridgehead atoms. The van der Waals surface area contributed by atoms with E-state index < -0.39 is 0 Å². The highest BCUT2D eigenvalue weighted by molar-refractivity contribution is 8.03. The van der Waals surface area contributed by atoms with E-state index in [2.05, 4.69) is 43.2 Å². The van der Waals surface area contributed by atoms with E-state index in [1.807, 2.05) is 0 Å². The van der Waals surface area contributed by atoms with Crippen molar-refractivity contribution in [3.8, 4) is 0 Å². The van der Waals surface area contributed by atoms with Crippen LogP contribution >= 0.6 is 11.8 Å². The van der Waals surface area contributed by atoms with Crippen LogP contribution in [0, 0.1) is 5.92 Å². The third-order valence-electron chi connectivity index (χ3n) is 3.83. The van der Waals surface area contributed by atoms with E-state index in [9.17, 15) is 0 Å². The van der Waals surface area contributed by atoms with Crippen molar-refractivity contribution in [1.82, 2.24) is 5.32 Å². The van der Waals surface area contributed by atoms with Crippen molar-refractivity contribution in [3.63, 3.8) is 0 Å². The van der Waals surface area contributed by atoms with Crippen LogP contribution in [0.15, 0.2) is 22.6 Å². The van der Waals surface area contributed by atoms with Crippen molar-refractivity contribution in [2.75, 3.05) is 12.8 Å².